The predicted molar refractivity (Wildman–Crippen MR) is 110 cm³/mol. The maximum atomic E-state index is 12.7. The van der Waals surface area contributed by atoms with Gasteiger partial charge in [-0.15, -0.1) is 0 Å². The molecule has 6 heteroatoms. The molecule has 3 aromatic rings. The lowest BCUT2D eigenvalue weighted by atomic mass is 10.0. The van der Waals surface area contributed by atoms with E-state index < -0.39 is 0 Å². The molecule has 140 valence electrons. The number of amides is 1. The molecule has 0 aliphatic carbocycles. The smallest absolute Gasteiger partial charge is 0.258 e. The standard InChI is InChI=1S/C22H21N5O/c1-3-16-8-6-9-17(4-2)20(16)27-21(28)18-13-24-22(25-14-18)26-19-10-5-7-15(11-19)12-23/h5-11,13-14H,3-4H2,1-2H3,(H,27,28)(H,24,25,26). The molecule has 2 N–H and O–H groups in total. The first kappa shape index (κ1) is 19.1. The minimum absolute atomic E-state index is 0.242. The van der Waals surface area contributed by atoms with Crippen molar-refractivity contribution >= 4 is 23.2 Å². The molecule has 0 bridgehead atoms. The fourth-order valence-corrected chi connectivity index (χ4v) is 2.89. The summed E-state index contributed by atoms with van der Waals surface area (Å²) in [6.45, 7) is 4.13. The molecule has 0 saturated heterocycles. The first-order valence-corrected chi connectivity index (χ1v) is 9.16. The molecular weight excluding hydrogens is 350 g/mol. The summed E-state index contributed by atoms with van der Waals surface area (Å²) in [5.41, 5.74) is 4.70. The highest BCUT2D eigenvalue weighted by molar-refractivity contribution is 6.04. The molecule has 1 heterocycles. The van der Waals surface area contributed by atoms with E-state index in [2.05, 4.69) is 40.5 Å². The highest BCUT2D eigenvalue weighted by atomic mass is 16.1. The first-order valence-electron chi connectivity index (χ1n) is 9.16. The Morgan fingerprint density at radius 3 is 2.29 bits per heavy atom. The number of hydrogen-bond acceptors (Lipinski definition) is 5. The van der Waals surface area contributed by atoms with Crippen LogP contribution in [0.1, 0.15) is 40.9 Å². The molecule has 6 nitrogen and oxygen atoms in total. The van der Waals surface area contributed by atoms with Gasteiger partial charge in [0.15, 0.2) is 0 Å². The van der Waals surface area contributed by atoms with Crippen molar-refractivity contribution < 1.29 is 4.79 Å². The van der Waals surface area contributed by atoms with Gasteiger partial charge in [-0.3, -0.25) is 4.79 Å². The van der Waals surface area contributed by atoms with Crippen LogP contribution in [-0.2, 0) is 12.8 Å². The molecule has 2 aromatic carbocycles. The second-order valence-corrected chi connectivity index (χ2v) is 6.23. The second kappa shape index (κ2) is 8.78. The maximum Gasteiger partial charge on any atom is 0.258 e. The minimum atomic E-state index is -0.242. The monoisotopic (exact) mass is 371 g/mol. The van der Waals surface area contributed by atoms with Crippen LogP contribution in [0.4, 0.5) is 17.3 Å². The largest absolute Gasteiger partial charge is 0.324 e. The van der Waals surface area contributed by atoms with Crippen molar-refractivity contribution in [2.45, 2.75) is 26.7 Å². The Hall–Kier alpha value is -3.72. The quantitative estimate of drug-likeness (QED) is 0.667. The topological polar surface area (TPSA) is 90.7 Å². The van der Waals surface area contributed by atoms with Crippen LogP contribution in [0.2, 0.25) is 0 Å². The Morgan fingerprint density at radius 2 is 1.68 bits per heavy atom. The summed E-state index contributed by atoms with van der Waals surface area (Å²) in [5.74, 6) is 0.114. The third kappa shape index (κ3) is 4.33. The Kier molecular flexibility index (Phi) is 5.97. The summed E-state index contributed by atoms with van der Waals surface area (Å²) in [7, 11) is 0. The lowest BCUT2D eigenvalue weighted by Gasteiger charge is -2.14. The number of carbonyl (C=O) groups excluding carboxylic acids is 1. The number of aromatic nitrogens is 2. The third-order valence-corrected chi connectivity index (χ3v) is 4.40. The molecular formula is C22H21N5O. The lowest BCUT2D eigenvalue weighted by molar-refractivity contribution is 0.102. The van der Waals surface area contributed by atoms with Gasteiger partial charge >= 0.3 is 0 Å². The second-order valence-electron chi connectivity index (χ2n) is 6.23. The van der Waals surface area contributed by atoms with E-state index in [9.17, 15) is 4.79 Å². The normalized spacial score (nSPS) is 10.2. The summed E-state index contributed by atoms with van der Waals surface area (Å²) < 4.78 is 0. The SMILES string of the molecule is CCc1cccc(CC)c1NC(=O)c1cnc(Nc2cccc(C#N)c2)nc1. The van der Waals surface area contributed by atoms with E-state index >= 15 is 0 Å². The highest BCUT2D eigenvalue weighted by Crippen LogP contribution is 2.23. The maximum absolute atomic E-state index is 12.7. The number of anilines is 3. The van der Waals surface area contributed by atoms with E-state index in [4.69, 9.17) is 5.26 Å². The van der Waals surface area contributed by atoms with Gasteiger partial charge in [0, 0.05) is 23.8 Å². The number of para-hydroxylation sites is 1. The van der Waals surface area contributed by atoms with Gasteiger partial charge in [0.1, 0.15) is 0 Å². The van der Waals surface area contributed by atoms with Crippen molar-refractivity contribution in [3.05, 3.63) is 77.1 Å². The molecule has 0 saturated carbocycles. The van der Waals surface area contributed by atoms with Crippen LogP contribution in [0, 0.1) is 11.3 Å². The van der Waals surface area contributed by atoms with Crippen molar-refractivity contribution in [1.29, 1.82) is 5.26 Å². The van der Waals surface area contributed by atoms with Crippen molar-refractivity contribution in [3.8, 4) is 6.07 Å². The van der Waals surface area contributed by atoms with E-state index in [1.807, 2.05) is 24.3 Å². The zero-order valence-electron chi connectivity index (χ0n) is 15.9. The van der Waals surface area contributed by atoms with E-state index in [1.54, 1.807) is 18.2 Å². The Bertz CT molecular complexity index is 1000. The molecule has 0 unspecified atom stereocenters. The highest BCUT2D eigenvalue weighted by Gasteiger charge is 2.13. The number of nitrogens with one attached hydrogen (secondary N) is 2. The molecule has 0 spiro atoms. The Morgan fingerprint density at radius 1 is 1.04 bits per heavy atom. The van der Waals surface area contributed by atoms with E-state index in [1.165, 1.54) is 12.4 Å². The molecule has 28 heavy (non-hydrogen) atoms. The van der Waals surface area contributed by atoms with Gasteiger partial charge in [-0.1, -0.05) is 38.1 Å². The Labute approximate surface area is 164 Å². The van der Waals surface area contributed by atoms with Gasteiger partial charge in [0.2, 0.25) is 5.95 Å². The predicted octanol–water partition coefficient (Wildman–Crippen LogP) is 4.47. The molecule has 0 radical (unpaired) electrons. The van der Waals surface area contributed by atoms with Crippen LogP contribution in [0.5, 0.6) is 0 Å². The van der Waals surface area contributed by atoms with Gasteiger partial charge in [-0.05, 0) is 42.2 Å². The number of nitriles is 1. The first-order chi connectivity index (χ1) is 13.6. The van der Waals surface area contributed by atoms with Crippen LogP contribution >= 0.6 is 0 Å². The molecule has 0 aliphatic heterocycles. The third-order valence-electron chi connectivity index (χ3n) is 4.40. The molecule has 1 aromatic heterocycles. The average molecular weight is 371 g/mol. The molecule has 1 amide bonds. The van der Waals surface area contributed by atoms with Crippen molar-refractivity contribution in [2.24, 2.45) is 0 Å². The average Bonchev–Trinajstić information content (AvgIpc) is 2.74. The zero-order chi connectivity index (χ0) is 19.9. The van der Waals surface area contributed by atoms with Crippen LogP contribution in [0.3, 0.4) is 0 Å². The molecule has 0 atom stereocenters. The number of aryl methyl sites for hydroxylation is 2. The van der Waals surface area contributed by atoms with Gasteiger partial charge in [-0.25, -0.2) is 9.97 Å². The zero-order valence-corrected chi connectivity index (χ0v) is 15.9. The molecule has 0 aliphatic rings. The summed E-state index contributed by atoms with van der Waals surface area (Å²) >= 11 is 0. The minimum Gasteiger partial charge on any atom is -0.324 e. The number of nitrogens with zero attached hydrogens (tertiary/aromatic N) is 3. The fourth-order valence-electron chi connectivity index (χ4n) is 2.89. The van der Waals surface area contributed by atoms with E-state index in [-0.39, 0.29) is 5.91 Å². The van der Waals surface area contributed by atoms with E-state index in [0.717, 1.165) is 29.7 Å². The van der Waals surface area contributed by atoms with Gasteiger partial charge in [0.05, 0.1) is 17.2 Å². The Balaban J connectivity index is 1.75. The van der Waals surface area contributed by atoms with Crippen LogP contribution in [-0.4, -0.2) is 15.9 Å². The molecule has 3 rings (SSSR count). The van der Waals surface area contributed by atoms with Crippen LogP contribution < -0.4 is 10.6 Å². The number of carbonyl (C=O) groups is 1. The lowest BCUT2D eigenvalue weighted by Crippen LogP contribution is -2.15. The fraction of sp³-hybridized carbons (Fsp3) is 0.182. The van der Waals surface area contributed by atoms with Gasteiger partial charge in [0.25, 0.3) is 5.91 Å². The van der Waals surface area contributed by atoms with Gasteiger partial charge < -0.3 is 10.6 Å². The van der Waals surface area contributed by atoms with Gasteiger partial charge in [-0.2, -0.15) is 5.26 Å². The number of rotatable bonds is 6. The summed E-state index contributed by atoms with van der Waals surface area (Å²) in [6.07, 6.45) is 4.65. The molecule has 0 fully saturated rings. The summed E-state index contributed by atoms with van der Waals surface area (Å²) in [6, 6.07) is 15.2. The van der Waals surface area contributed by atoms with Crippen LogP contribution in [0.15, 0.2) is 54.9 Å². The summed E-state index contributed by atoms with van der Waals surface area (Å²) in [5, 5.41) is 15.0. The van der Waals surface area contributed by atoms with Crippen molar-refractivity contribution in [2.75, 3.05) is 10.6 Å². The summed E-state index contributed by atoms with van der Waals surface area (Å²) in [4.78, 5) is 21.1. The number of benzene rings is 2. The van der Waals surface area contributed by atoms with Crippen molar-refractivity contribution in [3.63, 3.8) is 0 Å². The number of hydrogen-bond donors (Lipinski definition) is 2. The van der Waals surface area contributed by atoms with E-state index in [0.29, 0.717) is 22.8 Å². The van der Waals surface area contributed by atoms with Crippen molar-refractivity contribution in [1.82, 2.24) is 9.97 Å². The van der Waals surface area contributed by atoms with Crippen LogP contribution in [0.25, 0.3) is 0 Å².